The minimum absolute atomic E-state index is 0.131. The van der Waals surface area contributed by atoms with E-state index in [0.29, 0.717) is 113 Å². The Morgan fingerprint density at radius 1 is 0.595 bits per heavy atom. The molecule has 7 aromatic rings. The van der Waals surface area contributed by atoms with Gasteiger partial charge in [-0.25, -0.2) is 9.97 Å². The van der Waals surface area contributed by atoms with E-state index in [1.165, 1.54) is 12.2 Å². The van der Waals surface area contributed by atoms with Crippen LogP contribution in [0.1, 0.15) is 37.7 Å². The van der Waals surface area contributed by atoms with E-state index in [0.717, 1.165) is 5.56 Å². The number of rotatable bonds is 24. The van der Waals surface area contributed by atoms with Crippen LogP contribution in [0.4, 0.5) is 46.2 Å². The fraction of sp³-hybridized carbons (Fsp3) is 0.193. The molecule has 9 rings (SSSR count). The Kier molecular flexibility index (Phi) is 18.6. The molecule has 0 saturated carbocycles. The molecule has 5 aromatic carbocycles. The molecule has 22 nitrogen and oxygen atoms in total. The summed E-state index contributed by atoms with van der Waals surface area (Å²) in [6.07, 6.45) is 2.39. The van der Waals surface area contributed by atoms with Crippen molar-refractivity contribution in [1.82, 2.24) is 30.2 Å². The Balaban J connectivity index is 0.000000216. The van der Waals surface area contributed by atoms with Crippen molar-refractivity contribution in [3.63, 3.8) is 0 Å². The second-order valence-corrected chi connectivity index (χ2v) is 17.1. The average molecular weight is 1070 g/mol. The van der Waals surface area contributed by atoms with Crippen LogP contribution >= 0.6 is 0 Å². The highest BCUT2D eigenvalue weighted by Crippen LogP contribution is 2.35. The fourth-order valence-electron chi connectivity index (χ4n) is 7.91. The van der Waals surface area contributed by atoms with Crippen LogP contribution in [0.25, 0.3) is 0 Å². The lowest BCUT2D eigenvalue weighted by Crippen LogP contribution is -2.24. The fourth-order valence-corrected chi connectivity index (χ4v) is 7.91. The van der Waals surface area contributed by atoms with E-state index in [9.17, 15) is 19.2 Å². The number of nitrogens with zero attached hydrogens (tertiary/aromatic N) is 5. The predicted octanol–water partition coefficient (Wildman–Crippen LogP) is 8.69. The molecule has 4 amide bonds. The molecule has 2 aliphatic heterocycles. The number of carbonyl (C=O) groups excluding carboxylic acids is 4. The van der Waals surface area contributed by atoms with Crippen molar-refractivity contribution in [2.45, 2.75) is 19.6 Å². The van der Waals surface area contributed by atoms with Crippen LogP contribution in [0.2, 0.25) is 0 Å². The maximum absolute atomic E-state index is 13.8. The standard InChI is InChI=1S/C33H34N6O6.C24H23N5O5/c1-5-29(40)34-23-7-6-8-24(17-23)36-33-37-27-20-39(19-21-9-12-26(43-3)18-28(21)44-4)32(41)30(27)31(38-33)35-22-10-13-25(14-11-22)45-16-15-42-2;1-3-20(30)26-15-5-4-6-16(13-15)27-24-28-19-14-25-22(31)21(19)23(29-24)34-18-9-7-17(8-10-18)33-12-11-32-2/h5-14,17-18H,1,15-16,19-20H2,2-4H3,(H,34,40)(H2,35,36,37,38);3-10,13H,1,11-12,14H2,2H3,(H,25,31)(H,26,30)(H,27,28,29). The lowest BCUT2D eigenvalue weighted by molar-refractivity contribution is -0.112. The average Bonchev–Trinajstić information content (AvgIpc) is 4.17. The number of hydrogen-bond acceptors (Lipinski definition) is 18. The molecule has 4 heterocycles. The molecule has 22 heteroatoms. The molecule has 2 aliphatic rings. The van der Waals surface area contributed by atoms with Crippen LogP contribution in [0.15, 0.2) is 141 Å². The number of nitrogens with one attached hydrogen (secondary N) is 6. The Morgan fingerprint density at radius 3 is 1.73 bits per heavy atom. The number of methoxy groups -OCH3 is 4. The SMILES string of the molecule is C=CC(=O)Nc1cccc(Nc2nc3c(c(Nc4ccc(OCCOC)cc4)n2)C(=O)N(Cc2ccc(OC)cc2OC)C3)c1.C=CC(=O)Nc1cccc(Nc2nc3c(c(Oc4ccc(OCCOC)cc4)n2)C(=O)NC3)c1. The maximum Gasteiger partial charge on any atom is 0.260 e. The van der Waals surface area contributed by atoms with Crippen LogP contribution in [0, 0.1) is 0 Å². The van der Waals surface area contributed by atoms with Crippen LogP contribution in [0.5, 0.6) is 34.6 Å². The van der Waals surface area contributed by atoms with Crippen LogP contribution in [-0.4, -0.2) is 103 Å². The van der Waals surface area contributed by atoms with Crippen molar-refractivity contribution >= 4 is 69.8 Å². The van der Waals surface area contributed by atoms with Gasteiger partial charge in [0, 0.05) is 54.3 Å². The molecule has 406 valence electrons. The monoisotopic (exact) mass is 1070 g/mol. The summed E-state index contributed by atoms with van der Waals surface area (Å²) in [5.41, 5.74) is 5.71. The number of ether oxygens (including phenoxy) is 7. The Hall–Kier alpha value is -10.1. The summed E-state index contributed by atoms with van der Waals surface area (Å²) >= 11 is 0. The molecule has 2 aromatic heterocycles. The number of amides is 4. The lowest BCUT2D eigenvalue weighted by Gasteiger charge is -2.18. The first-order valence-corrected chi connectivity index (χ1v) is 24.6. The molecule has 0 saturated heterocycles. The summed E-state index contributed by atoms with van der Waals surface area (Å²) in [7, 11) is 6.39. The highest BCUT2D eigenvalue weighted by Gasteiger charge is 2.34. The van der Waals surface area contributed by atoms with Gasteiger partial charge in [0.2, 0.25) is 29.6 Å². The topological polar surface area (TPSA) is 260 Å². The third-order valence-corrected chi connectivity index (χ3v) is 11.7. The van der Waals surface area contributed by atoms with Gasteiger partial charge < -0.3 is 70.0 Å². The van der Waals surface area contributed by atoms with Crippen molar-refractivity contribution in [1.29, 1.82) is 0 Å². The zero-order chi connectivity index (χ0) is 55.7. The molecule has 0 atom stereocenters. The number of benzene rings is 5. The normalized spacial score (nSPS) is 11.9. The van der Waals surface area contributed by atoms with Gasteiger partial charge in [-0.2, -0.15) is 9.97 Å². The number of aromatic nitrogens is 4. The van der Waals surface area contributed by atoms with Crippen molar-refractivity contribution in [3.8, 4) is 34.6 Å². The van der Waals surface area contributed by atoms with Gasteiger partial charge in [-0.3, -0.25) is 19.2 Å². The summed E-state index contributed by atoms with van der Waals surface area (Å²) in [4.78, 5) is 69.5. The number of carbonyl (C=O) groups is 4. The Morgan fingerprint density at radius 2 is 1.15 bits per heavy atom. The quantitative estimate of drug-likeness (QED) is 0.0244. The highest BCUT2D eigenvalue weighted by atomic mass is 16.5. The van der Waals surface area contributed by atoms with Crippen LogP contribution < -0.4 is 55.6 Å². The van der Waals surface area contributed by atoms with Gasteiger partial charge in [0.15, 0.2) is 0 Å². The molecule has 0 radical (unpaired) electrons. The minimum atomic E-state index is -0.324. The number of hydrogen-bond donors (Lipinski definition) is 6. The van der Waals surface area contributed by atoms with Gasteiger partial charge in [-0.1, -0.05) is 25.3 Å². The van der Waals surface area contributed by atoms with Crippen molar-refractivity contribution in [2.75, 3.05) is 81.5 Å². The zero-order valence-corrected chi connectivity index (χ0v) is 43.7. The van der Waals surface area contributed by atoms with Crippen LogP contribution in [-0.2, 0) is 38.7 Å². The first-order chi connectivity index (χ1) is 38.4. The first kappa shape index (κ1) is 55.2. The van der Waals surface area contributed by atoms with Gasteiger partial charge in [0.05, 0.1) is 58.5 Å². The molecular weight excluding hydrogens is 1010 g/mol. The number of anilines is 8. The zero-order valence-electron chi connectivity index (χ0n) is 43.7. The Labute approximate surface area is 455 Å². The summed E-state index contributed by atoms with van der Waals surface area (Å²) < 4.78 is 38.1. The van der Waals surface area contributed by atoms with E-state index in [1.54, 1.807) is 106 Å². The smallest absolute Gasteiger partial charge is 0.260 e. The van der Waals surface area contributed by atoms with E-state index in [-0.39, 0.29) is 60.1 Å². The summed E-state index contributed by atoms with van der Waals surface area (Å²) in [5, 5.41) is 17.8. The van der Waals surface area contributed by atoms with E-state index in [1.807, 2.05) is 42.5 Å². The van der Waals surface area contributed by atoms with E-state index >= 15 is 0 Å². The third kappa shape index (κ3) is 14.7. The van der Waals surface area contributed by atoms with Gasteiger partial charge >= 0.3 is 0 Å². The van der Waals surface area contributed by atoms with Crippen LogP contribution in [0.3, 0.4) is 0 Å². The molecule has 6 N–H and O–H groups in total. The molecule has 0 spiro atoms. The highest BCUT2D eigenvalue weighted by molar-refractivity contribution is 6.03. The summed E-state index contributed by atoms with van der Waals surface area (Å²) in [6.45, 7) is 9.59. The summed E-state index contributed by atoms with van der Waals surface area (Å²) in [5.74, 6) is 2.95. The van der Waals surface area contributed by atoms with Gasteiger partial charge in [0.1, 0.15) is 58.9 Å². The third-order valence-electron chi connectivity index (χ3n) is 11.7. The number of fused-ring (bicyclic) bond motifs is 2. The Bertz CT molecular complexity index is 3340. The first-order valence-electron chi connectivity index (χ1n) is 24.6. The second kappa shape index (κ2) is 26.6. The van der Waals surface area contributed by atoms with Crippen molar-refractivity contribution in [2.24, 2.45) is 0 Å². The van der Waals surface area contributed by atoms with E-state index < -0.39 is 0 Å². The van der Waals surface area contributed by atoms with Gasteiger partial charge in [0.25, 0.3) is 11.8 Å². The van der Waals surface area contributed by atoms with Gasteiger partial charge in [-0.05, 0) is 109 Å². The van der Waals surface area contributed by atoms with Gasteiger partial charge in [-0.15, -0.1) is 0 Å². The molecule has 0 bridgehead atoms. The molecule has 0 fully saturated rings. The van der Waals surface area contributed by atoms with E-state index in [4.69, 9.17) is 43.1 Å². The predicted molar refractivity (Wildman–Crippen MR) is 296 cm³/mol. The summed E-state index contributed by atoms with van der Waals surface area (Å²) in [6, 6.07) is 34.0. The molecule has 0 aliphatic carbocycles. The lowest BCUT2D eigenvalue weighted by atomic mass is 10.1. The second-order valence-electron chi connectivity index (χ2n) is 17.1. The molecule has 79 heavy (non-hydrogen) atoms. The molecule has 0 unspecified atom stereocenters. The maximum atomic E-state index is 13.8. The minimum Gasteiger partial charge on any atom is -0.497 e. The molecular formula is C57H57N11O11. The van der Waals surface area contributed by atoms with Crippen molar-refractivity contribution < 1.29 is 52.3 Å². The van der Waals surface area contributed by atoms with Crippen molar-refractivity contribution in [3.05, 3.63) is 169 Å². The van der Waals surface area contributed by atoms with E-state index in [2.05, 4.69) is 55.0 Å². The largest absolute Gasteiger partial charge is 0.497 e.